The average Bonchev–Trinajstić information content (AvgIpc) is 2.86. The van der Waals surface area contributed by atoms with Crippen molar-refractivity contribution in [1.29, 1.82) is 0 Å². The summed E-state index contributed by atoms with van der Waals surface area (Å²) in [5.41, 5.74) is 0. The maximum absolute atomic E-state index is 6.19. The number of nitrogens with one attached hydrogen (secondary N) is 1. The fourth-order valence-corrected chi connectivity index (χ4v) is 3.69. The number of ether oxygens (including phenoxy) is 1. The highest BCUT2D eigenvalue weighted by atomic mass is 16.5. The zero-order valence-corrected chi connectivity index (χ0v) is 12.3. The van der Waals surface area contributed by atoms with E-state index in [1.165, 1.54) is 32.2 Å². The van der Waals surface area contributed by atoms with E-state index in [1.54, 1.807) is 0 Å². The highest BCUT2D eigenvalue weighted by Crippen LogP contribution is 2.27. The molecular weight excluding hydrogens is 224 g/mol. The molecule has 2 rings (SSSR count). The highest BCUT2D eigenvalue weighted by Gasteiger charge is 2.37. The number of morpholine rings is 1. The fourth-order valence-electron chi connectivity index (χ4n) is 3.69. The van der Waals surface area contributed by atoms with E-state index in [4.69, 9.17) is 4.74 Å². The van der Waals surface area contributed by atoms with Crippen LogP contribution in [0.25, 0.3) is 0 Å². The van der Waals surface area contributed by atoms with Gasteiger partial charge in [-0.15, -0.1) is 0 Å². The van der Waals surface area contributed by atoms with Crippen LogP contribution >= 0.6 is 0 Å². The maximum Gasteiger partial charge on any atom is 0.0858 e. The summed E-state index contributed by atoms with van der Waals surface area (Å²) in [5.74, 6) is 0.745. The van der Waals surface area contributed by atoms with E-state index in [-0.39, 0.29) is 0 Å². The molecule has 2 fully saturated rings. The molecule has 3 heteroatoms. The van der Waals surface area contributed by atoms with Gasteiger partial charge in [0.25, 0.3) is 0 Å². The molecule has 2 aliphatic heterocycles. The van der Waals surface area contributed by atoms with Crippen LogP contribution < -0.4 is 5.32 Å². The maximum atomic E-state index is 6.19. The van der Waals surface area contributed by atoms with Gasteiger partial charge in [0.2, 0.25) is 0 Å². The van der Waals surface area contributed by atoms with Crippen molar-refractivity contribution in [1.82, 2.24) is 10.2 Å². The highest BCUT2D eigenvalue weighted by molar-refractivity contribution is 4.92. The molecule has 0 aromatic rings. The lowest BCUT2D eigenvalue weighted by atomic mass is 9.89. The minimum atomic E-state index is 0.393. The molecule has 2 saturated heterocycles. The minimum absolute atomic E-state index is 0.393. The van der Waals surface area contributed by atoms with E-state index in [1.807, 2.05) is 0 Å². The molecule has 1 N–H and O–H groups in total. The molecule has 0 aromatic heterocycles. The zero-order chi connectivity index (χ0) is 13.0. The lowest BCUT2D eigenvalue weighted by Gasteiger charge is -2.41. The second-order valence-corrected chi connectivity index (χ2v) is 5.82. The van der Waals surface area contributed by atoms with E-state index < -0.39 is 0 Å². The Labute approximate surface area is 112 Å². The monoisotopic (exact) mass is 254 g/mol. The zero-order valence-electron chi connectivity index (χ0n) is 12.3. The Balaban J connectivity index is 1.97. The molecule has 3 atom stereocenters. The van der Waals surface area contributed by atoms with E-state index in [2.05, 4.69) is 31.0 Å². The van der Waals surface area contributed by atoms with Crippen molar-refractivity contribution in [2.24, 2.45) is 5.92 Å². The molecule has 0 radical (unpaired) electrons. The number of hydrogen-bond donors (Lipinski definition) is 1. The smallest absolute Gasteiger partial charge is 0.0858 e. The van der Waals surface area contributed by atoms with Gasteiger partial charge in [-0.1, -0.05) is 33.6 Å². The lowest BCUT2D eigenvalue weighted by Crippen LogP contribution is -2.56. The SMILES string of the molecule is CCNC(C(CC)CC)C1CN2CCCC2CO1. The molecule has 18 heavy (non-hydrogen) atoms. The van der Waals surface area contributed by atoms with E-state index in [0.29, 0.717) is 18.2 Å². The Kier molecular flexibility index (Phi) is 5.46. The van der Waals surface area contributed by atoms with Crippen LogP contribution in [0.3, 0.4) is 0 Å². The van der Waals surface area contributed by atoms with Gasteiger partial charge in [-0.25, -0.2) is 0 Å². The predicted octanol–water partition coefficient (Wildman–Crippen LogP) is 2.26. The molecule has 2 aliphatic rings. The Morgan fingerprint density at radius 3 is 2.72 bits per heavy atom. The summed E-state index contributed by atoms with van der Waals surface area (Å²) < 4.78 is 6.19. The van der Waals surface area contributed by atoms with Gasteiger partial charge in [-0.2, -0.15) is 0 Å². The molecular formula is C15H30N2O. The number of fused-ring (bicyclic) bond motifs is 1. The van der Waals surface area contributed by atoms with Crippen molar-refractivity contribution in [3.05, 3.63) is 0 Å². The molecule has 0 amide bonds. The standard InChI is InChI=1S/C15H30N2O/c1-4-12(5-2)15(16-6-3)14-10-17-9-7-8-13(17)11-18-14/h12-16H,4-11H2,1-3H3. The van der Waals surface area contributed by atoms with Gasteiger partial charge < -0.3 is 10.1 Å². The number of nitrogens with zero attached hydrogens (tertiary/aromatic N) is 1. The Hall–Kier alpha value is -0.120. The minimum Gasteiger partial charge on any atom is -0.374 e. The largest absolute Gasteiger partial charge is 0.374 e. The first-order chi connectivity index (χ1) is 8.80. The first-order valence-corrected chi connectivity index (χ1v) is 7.89. The van der Waals surface area contributed by atoms with Crippen LogP contribution in [0.1, 0.15) is 46.5 Å². The van der Waals surface area contributed by atoms with Crippen LogP contribution in [-0.4, -0.2) is 49.3 Å². The quantitative estimate of drug-likeness (QED) is 0.787. The summed E-state index contributed by atoms with van der Waals surface area (Å²) in [5, 5.41) is 3.68. The molecule has 0 bridgehead atoms. The summed E-state index contributed by atoms with van der Waals surface area (Å²) in [6, 6.07) is 1.25. The van der Waals surface area contributed by atoms with Crippen LogP contribution in [0.2, 0.25) is 0 Å². The third kappa shape index (κ3) is 3.06. The van der Waals surface area contributed by atoms with Crippen LogP contribution in [0.4, 0.5) is 0 Å². The molecule has 0 aliphatic carbocycles. The molecule has 106 valence electrons. The van der Waals surface area contributed by atoms with E-state index >= 15 is 0 Å². The topological polar surface area (TPSA) is 24.5 Å². The normalized spacial score (nSPS) is 30.7. The van der Waals surface area contributed by atoms with Crippen molar-refractivity contribution in [2.45, 2.75) is 64.6 Å². The molecule has 0 spiro atoms. The van der Waals surface area contributed by atoms with Gasteiger partial charge in [0.15, 0.2) is 0 Å². The Bertz CT molecular complexity index is 243. The van der Waals surface area contributed by atoms with Crippen LogP contribution in [0.15, 0.2) is 0 Å². The number of likely N-dealkylation sites (N-methyl/N-ethyl adjacent to an activating group) is 1. The van der Waals surface area contributed by atoms with Gasteiger partial charge in [-0.3, -0.25) is 4.90 Å². The summed E-state index contributed by atoms with van der Waals surface area (Å²) in [7, 11) is 0. The lowest BCUT2D eigenvalue weighted by molar-refractivity contribution is -0.0737. The van der Waals surface area contributed by atoms with E-state index in [0.717, 1.165) is 25.6 Å². The van der Waals surface area contributed by atoms with Gasteiger partial charge in [0.1, 0.15) is 0 Å². The summed E-state index contributed by atoms with van der Waals surface area (Å²) in [6.45, 7) is 11.2. The fraction of sp³-hybridized carbons (Fsp3) is 1.00. The molecule has 2 heterocycles. The van der Waals surface area contributed by atoms with Gasteiger partial charge >= 0.3 is 0 Å². The Morgan fingerprint density at radius 2 is 2.06 bits per heavy atom. The predicted molar refractivity (Wildman–Crippen MR) is 75.9 cm³/mol. The number of rotatable bonds is 6. The summed E-state index contributed by atoms with van der Waals surface area (Å²) >= 11 is 0. The van der Waals surface area contributed by atoms with Crippen molar-refractivity contribution in [2.75, 3.05) is 26.2 Å². The molecule has 3 unspecified atom stereocenters. The average molecular weight is 254 g/mol. The first kappa shape index (κ1) is 14.3. The molecule has 0 aromatic carbocycles. The molecule has 0 saturated carbocycles. The summed E-state index contributed by atoms with van der Waals surface area (Å²) in [6.07, 6.45) is 5.58. The van der Waals surface area contributed by atoms with Crippen molar-refractivity contribution in [3.63, 3.8) is 0 Å². The van der Waals surface area contributed by atoms with Gasteiger partial charge in [0, 0.05) is 18.6 Å². The van der Waals surface area contributed by atoms with E-state index in [9.17, 15) is 0 Å². The van der Waals surface area contributed by atoms with Gasteiger partial charge in [0.05, 0.1) is 12.7 Å². The molecule has 3 nitrogen and oxygen atoms in total. The van der Waals surface area contributed by atoms with Gasteiger partial charge in [-0.05, 0) is 31.8 Å². The second-order valence-electron chi connectivity index (χ2n) is 5.82. The Morgan fingerprint density at radius 1 is 1.28 bits per heavy atom. The van der Waals surface area contributed by atoms with Crippen LogP contribution in [0, 0.1) is 5.92 Å². The first-order valence-electron chi connectivity index (χ1n) is 7.89. The van der Waals surface area contributed by atoms with Crippen molar-refractivity contribution < 1.29 is 4.74 Å². The third-order valence-corrected chi connectivity index (χ3v) is 4.81. The van der Waals surface area contributed by atoms with Crippen LogP contribution in [0.5, 0.6) is 0 Å². The van der Waals surface area contributed by atoms with Crippen LogP contribution in [-0.2, 0) is 4.74 Å². The number of hydrogen-bond acceptors (Lipinski definition) is 3. The van der Waals surface area contributed by atoms with Crippen molar-refractivity contribution in [3.8, 4) is 0 Å². The third-order valence-electron chi connectivity index (χ3n) is 4.81. The van der Waals surface area contributed by atoms with Crippen molar-refractivity contribution >= 4 is 0 Å². The second kappa shape index (κ2) is 6.88. The summed E-state index contributed by atoms with van der Waals surface area (Å²) in [4.78, 5) is 2.65.